The van der Waals surface area contributed by atoms with Crippen molar-refractivity contribution in [2.45, 2.75) is 31.7 Å². The topological polar surface area (TPSA) is 21.8 Å². The van der Waals surface area contributed by atoms with Gasteiger partial charge in [-0.15, -0.1) is 0 Å². The van der Waals surface area contributed by atoms with Crippen LogP contribution in [0.2, 0.25) is 5.02 Å². The predicted octanol–water partition coefficient (Wildman–Crippen LogP) is 2.95. The highest BCUT2D eigenvalue weighted by Crippen LogP contribution is 2.53. The van der Waals surface area contributed by atoms with Crippen LogP contribution in [0.5, 0.6) is 5.75 Å². The van der Waals surface area contributed by atoms with E-state index in [0.717, 1.165) is 16.3 Å². The molecule has 14 heavy (non-hydrogen) atoms. The van der Waals surface area contributed by atoms with Gasteiger partial charge in [0.25, 0.3) is 0 Å². The molecule has 1 aromatic carbocycles. The molecule has 0 bridgehead atoms. The molecule has 2 aliphatic rings. The third kappa shape index (κ3) is 1.07. The summed E-state index contributed by atoms with van der Waals surface area (Å²) in [5.74, 6) is 0.901. The molecule has 0 amide bonds. The van der Waals surface area contributed by atoms with Gasteiger partial charge in [0, 0.05) is 10.6 Å². The maximum Gasteiger partial charge on any atom is 0.132 e. The van der Waals surface area contributed by atoms with E-state index < -0.39 is 0 Å². The van der Waals surface area contributed by atoms with Crippen LogP contribution in [-0.2, 0) is 4.74 Å². The monoisotopic (exact) mass is 210 g/mol. The van der Waals surface area contributed by atoms with Gasteiger partial charge in [-0.25, -0.2) is 0 Å². The summed E-state index contributed by atoms with van der Waals surface area (Å²) in [6.07, 6.45) is 0.376. The van der Waals surface area contributed by atoms with Crippen LogP contribution in [0, 0.1) is 0 Å². The van der Waals surface area contributed by atoms with Crippen molar-refractivity contribution in [1.82, 2.24) is 0 Å². The highest BCUT2D eigenvalue weighted by atomic mass is 35.5. The molecule has 0 saturated carbocycles. The molecule has 1 fully saturated rings. The second-order valence-electron chi connectivity index (χ2n) is 4.36. The molecule has 0 spiro atoms. The molecule has 3 heteroatoms. The zero-order valence-electron chi connectivity index (χ0n) is 8.08. The van der Waals surface area contributed by atoms with Crippen LogP contribution >= 0.6 is 11.6 Å². The lowest BCUT2D eigenvalue weighted by Gasteiger charge is -2.29. The van der Waals surface area contributed by atoms with E-state index in [2.05, 4.69) is 13.8 Å². The van der Waals surface area contributed by atoms with Crippen molar-refractivity contribution in [3.8, 4) is 5.75 Å². The Morgan fingerprint density at radius 2 is 2.14 bits per heavy atom. The Morgan fingerprint density at radius 1 is 1.36 bits per heavy atom. The van der Waals surface area contributed by atoms with Gasteiger partial charge in [-0.1, -0.05) is 11.6 Å². The lowest BCUT2D eigenvalue weighted by molar-refractivity contribution is 0.0725. The van der Waals surface area contributed by atoms with Gasteiger partial charge in [-0.3, -0.25) is 0 Å². The maximum atomic E-state index is 5.92. The summed E-state index contributed by atoms with van der Waals surface area (Å²) in [5.41, 5.74) is 0.868. The van der Waals surface area contributed by atoms with E-state index in [1.165, 1.54) is 0 Å². The van der Waals surface area contributed by atoms with Gasteiger partial charge < -0.3 is 9.47 Å². The lowest BCUT2D eigenvalue weighted by Crippen LogP contribution is -2.37. The van der Waals surface area contributed by atoms with Crippen LogP contribution in [0.25, 0.3) is 0 Å². The molecule has 0 N–H and O–H groups in total. The quantitative estimate of drug-likeness (QED) is 0.614. The molecule has 3 rings (SSSR count). The fourth-order valence-electron chi connectivity index (χ4n) is 2.05. The van der Waals surface area contributed by atoms with Gasteiger partial charge in [0.1, 0.15) is 23.6 Å². The minimum atomic E-state index is -0.217. The average Bonchev–Trinajstić information content (AvgIpc) is 2.86. The summed E-state index contributed by atoms with van der Waals surface area (Å²) in [7, 11) is 0. The first-order chi connectivity index (χ1) is 6.58. The zero-order chi connectivity index (χ0) is 9.92. The van der Waals surface area contributed by atoms with Gasteiger partial charge in [-0.2, -0.15) is 0 Å². The number of benzene rings is 1. The van der Waals surface area contributed by atoms with Crippen molar-refractivity contribution in [3.63, 3.8) is 0 Å². The molecule has 0 radical (unpaired) electrons. The second kappa shape index (κ2) is 2.44. The number of halogens is 1. The van der Waals surface area contributed by atoms with Gasteiger partial charge >= 0.3 is 0 Å². The molecule has 2 atom stereocenters. The van der Waals surface area contributed by atoms with E-state index >= 15 is 0 Å². The number of rotatable bonds is 0. The molecule has 2 nitrogen and oxygen atoms in total. The molecular weight excluding hydrogens is 200 g/mol. The molecule has 0 aliphatic carbocycles. The number of fused-ring (bicyclic) bond motifs is 3. The highest BCUT2D eigenvalue weighted by molar-refractivity contribution is 6.30. The number of hydrogen-bond acceptors (Lipinski definition) is 2. The summed E-state index contributed by atoms with van der Waals surface area (Å²) in [6.45, 7) is 4.10. The van der Waals surface area contributed by atoms with Crippen LogP contribution in [0.4, 0.5) is 0 Å². The van der Waals surface area contributed by atoms with Crippen LogP contribution in [0.3, 0.4) is 0 Å². The zero-order valence-corrected chi connectivity index (χ0v) is 8.84. The summed E-state index contributed by atoms with van der Waals surface area (Å²) in [6, 6.07) is 5.69. The third-order valence-corrected chi connectivity index (χ3v) is 3.06. The Kier molecular flexibility index (Phi) is 1.49. The Balaban J connectivity index is 2.11. The number of epoxide rings is 1. The smallest absolute Gasteiger partial charge is 0.132 e. The fourth-order valence-corrected chi connectivity index (χ4v) is 2.23. The molecule has 1 aromatic rings. The molecular formula is C11H11ClO2. The molecule has 2 aliphatic heterocycles. The standard InChI is InChI=1S/C11H11ClO2/c1-11(2)10-9(13-10)7-5-6(12)3-4-8(7)14-11/h3-5,9-10H,1-2H3/t9-,10-/m0/s1. The van der Waals surface area contributed by atoms with Crippen molar-refractivity contribution in [2.75, 3.05) is 0 Å². The van der Waals surface area contributed by atoms with Crippen LogP contribution < -0.4 is 4.74 Å². The minimum Gasteiger partial charge on any atom is -0.485 e. The van der Waals surface area contributed by atoms with Gasteiger partial charge in [0.05, 0.1) is 0 Å². The first-order valence-corrected chi connectivity index (χ1v) is 5.10. The van der Waals surface area contributed by atoms with Crippen molar-refractivity contribution in [3.05, 3.63) is 28.8 Å². The highest BCUT2D eigenvalue weighted by Gasteiger charge is 2.56. The minimum absolute atomic E-state index is 0.187. The Morgan fingerprint density at radius 3 is 2.93 bits per heavy atom. The van der Waals surface area contributed by atoms with E-state index in [4.69, 9.17) is 21.1 Å². The maximum absolute atomic E-state index is 5.92. The van der Waals surface area contributed by atoms with Crippen molar-refractivity contribution < 1.29 is 9.47 Å². The van der Waals surface area contributed by atoms with E-state index in [-0.39, 0.29) is 17.8 Å². The number of hydrogen-bond donors (Lipinski definition) is 0. The van der Waals surface area contributed by atoms with Crippen LogP contribution in [-0.4, -0.2) is 11.7 Å². The normalized spacial score (nSPS) is 31.4. The molecule has 74 valence electrons. The Hall–Kier alpha value is -0.730. The van der Waals surface area contributed by atoms with Crippen molar-refractivity contribution in [1.29, 1.82) is 0 Å². The first-order valence-electron chi connectivity index (χ1n) is 4.72. The Labute approximate surface area is 87.8 Å². The summed E-state index contributed by atoms with van der Waals surface area (Å²) in [5, 5.41) is 0.737. The average molecular weight is 211 g/mol. The van der Waals surface area contributed by atoms with E-state index in [9.17, 15) is 0 Å². The van der Waals surface area contributed by atoms with Crippen LogP contribution in [0.1, 0.15) is 25.5 Å². The van der Waals surface area contributed by atoms with Gasteiger partial charge in [0.2, 0.25) is 0 Å². The van der Waals surface area contributed by atoms with Gasteiger partial charge in [0.15, 0.2) is 0 Å². The molecule has 2 heterocycles. The van der Waals surface area contributed by atoms with Crippen LogP contribution in [0.15, 0.2) is 18.2 Å². The molecule has 1 saturated heterocycles. The van der Waals surface area contributed by atoms with E-state index in [0.29, 0.717) is 0 Å². The predicted molar refractivity (Wildman–Crippen MR) is 53.8 cm³/mol. The SMILES string of the molecule is CC1(C)Oc2ccc(Cl)cc2[C@@H]2O[C@@H]21. The van der Waals surface area contributed by atoms with Gasteiger partial charge in [-0.05, 0) is 32.0 Å². The summed E-state index contributed by atoms with van der Waals surface area (Å²) < 4.78 is 11.4. The van der Waals surface area contributed by atoms with E-state index in [1.807, 2.05) is 18.2 Å². The first kappa shape index (κ1) is 8.57. The molecule has 0 unspecified atom stereocenters. The molecule has 0 aromatic heterocycles. The number of ether oxygens (including phenoxy) is 2. The third-order valence-electron chi connectivity index (χ3n) is 2.83. The van der Waals surface area contributed by atoms with Crippen molar-refractivity contribution >= 4 is 11.6 Å². The lowest BCUT2D eigenvalue weighted by atomic mass is 9.94. The van der Waals surface area contributed by atoms with Crippen molar-refractivity contribution in [2.24, 2.45) is 0 Å². The largest absolute Gasteiger partial charge is 0.485 e. The Bertz CT molecular complexity index is 400. The fraction of sp³-hybridized carbons (Fsp3) is 0.455. The van der Waals surface area contributed by atoms with E-state index in [1.54, 1.807) is 0 Å². The summed E-state index contributed by atoms with van der Waals surface area (Å²) in [4.78, 5) is 0. The second-order valence-corrected chi connectivity index (χ2v) is 4.80. The summed E-state index contributed by atoms with van der Waals surface area (Å²) >= 11 is 5.92.